The number of nitrogens with zero attached hydrogens (tertiary/aromatic N) is 2. The summed E-state index contributed by atoms with van der Waals surface area (Å²) < 4.78 is 55.2. The predicted molar refractivity (Wildman–Crippen MR) is 103 cm³/mol. The minimum atomic E-state index is -3.82. The Bertz CT molecular complexity index is 1100. The highest BCUT2D eigenvalue weighted by atomic mass is 32.2. The third-order valence-corrected chi connectivity index (χ3v) is 8.72. The number of hydrogen-bond donors (Lipinski definition) is 1. The van der Waals surface area contributed by atoms with Crippen LogP contribution >= 0.6 is 11.3 Å². The molecule has 10 heteroatoms. The Labute approximate surface area is 162 Å². The third-order valence-electron chi connectivity index (χ3n) is 3.96. The molecule has 0 aliphatic carbocycles. The van der Waals surface area contributed by atoms with Crippen molar-refractivity contribution in [3.8, 4) is 0 Å². The van der Waals surface area contributed by atoms with Crippen molar-refractivity contribution in [3.05, 3.63) is 60.0 Å². The maximum Gasteiger partial charge on any atom is 0.240 e. The fourth-order valence-electron chi connectivity index (χ4n) is 2.53. The molecule has 0 bridgehead atoms. The molecule has 0 spiro atoms. The summed E-state index contributed by atoms with van der Waals surface area (Å²) in [7, 11) is -7.55. The first-order valence-electron chi connectivity index (χ1n) is 8.15. The molecule has 27 heavy (non-hydrogen) atoms. The summed E-state index contributed by atoms with van der Waals surface area (Å²) in [6.07, 6.45) is 5.71. The minimum Gasteiger partial charge on any atom is -0.337 e. The lowest BCUT2D eigenvalue weighted by Gasteiger charge is -2.11. The number of rotatable bonds is 8. The van der Waals surface area contributed by atoms with Gasteiger partial charge in [0.05, 0.1) is 16.1 Å². The van der Waals surface area contributed by atoms with Gasteiger partial charge in [0.15, 0.2) is 0 Å². The van der Waals surface area contributed by atoms with Crippen molar-refractivity contribution in [1.82, 2.24) is 14.3 Å². The van der Waals surface area contributed by atoms with E-state index in [0.29, 0.717) is 18.5 Å². The summed E-state index contributed by atoms with van der Waals surface area (Å²) in [5.74, 6) is 0. The molecular formula is C17H19N3O4S3. The van der Waals surface area contributed by atoms with Gasteiger partial charge in [-0.15, -0.1) is 11.3 Å². The standard InChI is InChI=1S/C17H19N3O4S3/c1-14-5-6-15(26(21,22)17-4-2-11-25-17)12-16(14)27(23,24)19-7-3-9-20-10-8-18-13-20/h2,4-6,8,10-13,19H,3,7,9H2,1H3. The SMILES string of the molecule is Cc1ccc(S(=O)(=O)c2cccs2)cc1S(=O)(=O)NCCCn1ccnc1. The molecule has 7 nitrogen and oxygen atoms in total. The van der Waals surface area contributed by atoms with E-state index in [2.05, 4.69) is 9.71 Å². The summed E-state index contributed by atoms with van der Waals surface area (Å²) in [5, 5.41) is 1.67. The molecule has 0 saturated carbocycles. The number of aromatic nitrogens is 2. The van der Waals surface area contributed by atoms with E-state index in [1.54, 1.807) is 37.1 Å². The molecule has 2 heterocycles. The number of imidazole rings is 1. The van der Waals surface area contributed by atoms with Crippen LogP contribution in [0.1, 0.15) is 12.0 Å². The molecule has 144 valence electrons. The first-order valence-corrected chi connectivity index (χ1v) is 12.0. The highest BCUT2D eigenvalue weighted by Gasteiger charge is 2.23. The Kier molecular flexibility index (Phi) is 5.80. The zero-order valence-corrected chi connectivity index (χ0v) is 17.0. The van der Waals surface area contributed by atoms with Gasteiger partial charge in [-0.2, -0.15) is 0 Å². The van der Waals surface area contributed by atoms with E-state index >= 15 is 0 Å². The van der Waals surface area contributed by atoms with Gasteiger partial charge < -0.3 is 4.57 Å². The predicted octanol–water partition coefficient (Wildman–Crippen LogP) is 2.45. The van der Waals surface area contributed by atoms with E-state index < -0.39 is 19.9 Å². The second-order valence-corrected chi connectivity index (χ2v) is 10.8. The molecule has 3 aromatic rings. The van der Waals surface area contributed by atoms with Crippen molar-refractivity contribution in [2.24, 2.45) is 0 Å². The molecule has 1 N–H and O–H groups in total. The van der Waals surface area contributed by atoms with Crippen molar-refractivity contribution in [1.29, 1.82) is 0 Å². The average molecular weight is 426 g/mol. The number of sulfone groups is 1. The lowest BCUT2D eigenvalue weighted by atomic mass is 10.2. The van der Waals surface area contributed by atoms with E-state index in [4.69, 9.17) is 0 Å². The first kappa shape index (κ1) is 19.7. The zero-order valence-electron chi connectivity index (χ0n) is 14.6. The van der Waals surface area contributed by atoms with Gasteiger partial charge in [0.25, 0.3) is 0 Å². The van der Waals surface area contributed by atoms with Crippen LogP contribution in [0.5, 0.6) is 0 Å². The van der Waals surface area contributed by atoms with Gasteiger partial charge in [-0.1, -0.05) is 12.1 Å². The van der Waals surface area contributed by atoms with Gasteiger partial charge in [-0.25, -0.2) is 26.5 Å². The maximum atomic E-state index is 12.7. The molecule has 0 saturated heterocycles. The highest BCUT2D eigenvalue weighted by molar-refractivity contribution is 7.93. The summed E-state index contributed by atoms with van der Waals surface area (Å²) in [6, 6.07) is 7.32. The zero-order chi connectivity index (χ0) is 19.5. The van der Waals surface area contributed by atoms with Crippen LogP contribution in [-0.2, 0) is 26.4 Å². The van der Waals surface area contributed by atoms with Crippen molar-refractivity contribution >= 4 is 31.2 Å². The van der Waals surface area contributed by atoms with Gasteiger partial charge in [0.1, 0.15) is 4.21 Å². The van der Waals surface area contributed by atoms with Crippen molar-refractivity contribution in [2.75, 3.05) is 6.54 Å². The number of aryl methyl sites for hydroxylation is 2. The van der Waals surface area contributed by atoms with Crippen LogP contribution in [0, 0.1) is 6.92 Å². The number of benzene rings is 1. The smallest absolute Gasteiger partial charge is 0.240 e. The molecule has 0 fully saturated rings. The molecule has 0 aliphatic rings. The lowest BCUT2D eigenvalue weighted by Crippen LogP contribution is -2.26. The number of nitrogens with one attached hydrogen (secondary N) is 1. The lowest BCUT2D eigenvalue weighted by molar-refractivity contribution is 0.569. The Morgan fingerprint density at radius 3 is 2.67 bits per heavy atom. The van der Waals surface area contributed by atoms with Crippen LogP contribution < -0.4 is 4.72 Å². The monoisotopic (exact) mass is 425 g/mol. The summed E-state index contributed by atoms with van der Waals surface area (Å²) in [5.41, 5.74) is 0.488. The molecule has 0 aliphatic heterocycles. The Balaban J connectivity index is 1.78. The van der Waals surface area contributed by atoms with Crippen molar-refractivity contribution in [3.63, 3.8) is 0 Å². The van der Waals surface area contributed by atoms with Crippen LogP contribution in [0.3, 0.4) is 0 Å². The molecule has 3 rings (SSSR count). The Hall–Kier alpha value is -2.01. The van der Waals surface area contributed by atoms with Gasteiger partial charge in [0.2, 0.25) is 19.9 Å². The van der Waals surface area contributed by atoms with Gasteiger partial charge in [-0.3, -0.25) is 0 Å². The van der Waals surface area contributed by atoms with Gasteiger partial charge in [-0.05, 0) is 42.5 Å². The Morgan fingerprint density at radius 2 is 2.00 bits per heavy atom. The second-order valence-electron chi connectivity index (χ2n) is 5.91. The molecule has 0 radical (unpaired) electrons. The fraction of sp³-hybridized carbons (Fsp3) is 0.235. The second kappa shape index (κ2) is 7.93. The Morgan fingerprint density at radius 1 is 1.19 bits per heavy atom. The molecule has 0 amide bonds. The van der Waals surface area contributed by atoms with E-state index in [9.17, 15) is 16.8 Å². The minimum absolute atomic E-state index is 0.0252. The fourth-order valence-corrected chi connectivity index (χ4v) is 6.37. The van der Waals surface area contributed by atoms with Crippen molar-refractivity contribution in [2.45, 2.75) is 33.9 Å². The number of sulfonamides is 1. The van der Waals surface area contributed by atoms with Crippen LogP contribution in [-0.4, -0.2) is 32.9 Å². The maximum absolute atomic E-state index is 12.7. The van der Waals surface area contributed by atoms with E-state index in [1.807, 2.05) is 4.57 Å². The van der Waals surface area contributed by atoms with Crippen molar-refractivity contribution < 1.29 is 16.8 Å². The number of thiophene rings is 1. The molecule has 0 unspecified atom stereocenters. The largest absolute Gasteiger partial charge is 0.337 e. The van der Waals surface area contributed by atoms with E-state index in [0.717, 1.165) is 11.3 Å². The van der Waals surface area contributed by atoms with E-state index in [1.165, 1.54) is 24.3 Å². The molecule has 1 aromatic carbocycles. The highest BCUT2D eigenvalue weighted by Crippen LogP contribution is 2.27. The summed E-state index contributed by atoms with van der Waals surface area (Å²) in [4.78, 5) is 3.87. The van der Waals surface area contributed by atoms with Crippen LogP contribution in [0.4, 0.5) is 0 Å². The number of hydrogen-bond acceptors (Lipinski definition) is 6. The summed E-state index contributed by atoms with van der Waals surface area (Å²) >= 11 is 1.10. The summed E-state index contributed by atoms with van der Waals surface area (Å²) in [6.45, 7) is 2.51. The molecule has 2 aromatic heterocycles. The van der Waals surface area contributed by atoms with Crippen LogP contribution in [0.15, 0.2) is 68.4 Å². The first-order chi connectivity index (χ1) is 12.8. The third kappa shape index (κ3) is 4.46. The molecular weight excluding hydrogens is 406 g/mol. The van der Waals surface area contributed by atoms with E-state index in [-0.39, 0.29) is 20.5 Å². The van der Waals surface area contributed by atoms with Gasteiger partial charge >= 0.3 is 0 Å². The topological polar surface area (TPSA) is 98.1 Å². The van der Waals surface area contributed by atoms with Gasteiger partial charge in [0, 0.05) is 25.5 Å². The van der Waals surface area contributed by atoms with Crippen LogP contribution in [0.25, 0.3) is 0 Å². The molecule has 0 atom stereocenters. The van der Waals surface area contributed by atoms with Crippen LogP contribution in [0.2, 0.25) is 0 Å². The quantitative estimate of drug-likeness (QED) is 0.559. The average Bonchev–Trinajstić information content (AvgIpc) is 3.32. The normalized spacial score (nSPS) is 12.3.